The Kier molecular flexibility index (Phi) is 5.84. The second-order valence-electron chi connectivity index (χ2n) is 8.60. The van der Waals surface area contributed by atoms with Crippen LogP contribution in [0.1, 0.15) is 29.9 Å². The molecule has 1 amide bonds. The monoisotopic (exact) mass is 438 g/mol. The molecule has 2 fully saturated rings. The Hall–Kier alpha value is -2.91. The first kappa shape index (κ1) is 21.0. The summed E-state index contributed by atoms with van der Waals surface area (Å²) in [6.07, 6.45) is 0. The fraction of sp³-hybridized carbons (Fsp3) is 0.522. The zero-order valence-corrected chi connectivity index (χ0v) is 18.7. The van der Waals surface area contributed by atoms with Gasteiger partial charge in [-0.3, -0.25) is 4.79 Å². The van der Waals surface area contributed by atoms with Crippen LogP contribution in [0.2, 0.25) is 0 Å². The fourth-order valence-corrected chi connectivity index (χ4v) is 4.32. The Morgan fingerprint density at radius 3 is 2.16 bits per heavy atom. The van der Waals surface area contributed by atoms with E-state index in [9.17, 15) is 4.79 Å². The maximum atomic E-state index is 13.0. The molecule has 0 saturated carbocycles. The molecule has 9 nitrogen and oxygen atoms in total. The van der Waals surface area contributed by atoms with Gasteiger partial charge in [0.25, 0.3) is 5.91 Å². The summed E-state index contributed by atoms with van der Waals surface area (Å²) in [5.41, 5.74) is 3.48. The highest BCUT2D eigenvalue weighted by atomic mass is 16.5. The standard InChI is InChI=1S/C23H30N6O3/c1-16(2)29-15-19-20(22(29)30)25-23(28-9-13-32-14-10-28)26-21(19)24-17-3-5-18(6-4-17)27-7-11-31-12-8-27/h3-6,16H,7-15H2,1-2H3,(H,24,25,26). The third-order valence-corrected chi connectivity index (χ3v) is 6.21. The minimum absolute atomic E-state index is 0.0300. The van der Waals surface area contributed by atoms with Gasteiger partial charge in [0.15, 0.2) is 0 Å². The second kappa shape index (κ2) is 8.91. The first-order chi connectivity index (χ1) is 15.6. The van der Waals surface area contributed by atoms with Crippen molar-refractivity contribution in [3.8, 4) is 0 Å². The lowest BCUT2D eigenvalue weighted by atomic mass is 10.2. The number of fused-ring (bicyclic) bond motifs is 1. The minimum atomic E-state index is -0.0300. The topological polar surface area (TPSA) is 83.1 Å². The second-order valence-corrected chi connectivity index (χ2v) is 8.60. The van der Waals surface area contributed by atoms with Crippen molar-refractivity contribution >= 4 is 29.0 Å². The SMILES string of the molecule is CC(C)N1Cc2c(Nc3ccc(N4CCOCC4)cc3)nc(N3CCOCC3)nc2C1=O. The first-order valence-corrected chi connectivity index (χ1v) is 11.3. The van der Waals surface area contributed by atoms with Crippen molar-refractivity contribution in [2.75, 3.05) is 67.7 Å². The van der Waals surface area contributed by atoms with E-state index in [0.717, 1.165) is 37.6 Å². The molecule has 0 aliphatic carbocycles. The number of hydrogen-bond acceptors (Lipinski definition) is 8. The van der Waals surface area contributed by atoms with E-state index in [2.05, 4.69) is 44.4 Å². The van der Waals surface area contributed by atoms with Gasteiger partial charge in [-0.1, -0.05) is 0 Å². The number of carbonyl (C=O) groups is 1. The van der Waals surface area contributed by atoms with E-state index in [0.29, 0.717) is 50.3 Å². The van der Waals surface area contributed by atoms with Gasteiger partial charge in [-0.05, 0) is 38.1 Å². The highest BCUT2D eigenvalue weighted by Crippen LogP contribution is 2.32. The Labute approximate surface area is 188 Å². The molecular weight excluding hydrogens is 408 g/mol. The lowest BCUT2D eigenvalue weighted by molar-refractivity contribution is 0.0726. The van der Waals surface area contributed by atoms with Gasteiger partial charge in [-0.25, -0.2) is 4.98 Å². The van der Waals surface area contributed by atoms with Crippen LogP contribution in [0.4, 0.5) is 23.1 Å². The maximum Gasteiger partial charge on any atom is 0.273 e. The summed E-state index contributed by atoms with van der Waals surface area (Å²) in [6, 6.07) is 8.45. The third-order valence-electron chi connectivity index (χ3n) is 6.21. The number of nitrogens with zero attached hydrogens (tertiary/aromatic N) is 5. The number of nitrogens with one attached hydrogen (secondary N) is 1. The van der Waals surface area contributed by atoms with Crippen LogP contribution >= 0.6 is 0 Å². The Morgan fingerprint density at radius 2 is 1.53 bits per heavy atom. The molecular formula is C23H30N6O3. The van der Waals surface area contributed by atoms with E-state index in [4.69, 9.17) is 14.5 Å². The van der Waals surface area contributed by atoms with E-state index in [1.807, 2.05) is 18.7 Å². The zero-order chi connectivity index (χ0) is 22.1. The van der Waals surface area contributed by atoms with Gasteiger partial charge in [0, 0.05) is 49.2 Å². The number of morpholine rings is 2. The summed E-state index contributed by atoms with van der Waals surface area (Å²) in [5, 5.41) is 3.46. The van der Waals surface area contributed by atoms with Crippen LogP contribution in [0.25, 0.3) is 0 Å². The molecule has 3 aliphatic heterocycles. The largest absolute Gasteiger partial charge is 0.378 e. The van der Waals surface area contributed by atoms with E-state index in [1.54, 1.807) is 0 Å². The summed E-state index contributed by atoms with van der Waals surface area (Å²) in [5.74, 6) is 1.25. The van der Waals surface area contributed by atoms with Crippen LogP contribution in [0.5, 0.6) is 0 Å². The van der Waals surface area contributed by atoms with Gasteiger partial charge in [0.2, 0.25) is 5.95 Å². The van der Waals surface area contributed by atoms with Crippen molar-refractivity contribution in [2.45, 2.75) is 26.4 Å². The normalized spacial score (nSPS) is 19.0. The van der Waals surface area contributed by atoms with Crippen LogP contribution in [-0.4, -0.2) is 79.4 Å². The Bertz CT molecular complexity index is 968. The third kappa shape index (κ3) is 4.10. The molecule has 3 aliphatic rings. The molecule has 0 spiro atoms. The van der Waals surface area contributed by atoms with Gasteiger partial charge in [-0.15, -0.1) is 0 Å². The van der Waals surface area contributed by atoms with Crippen LogP contribution < -0.4 is 15.1 Å². The Balaban J connectivity index is 1.44. The number of carbonyl (C=O) groups excluding carboxylic acids is 1. The highest BCUT2D eigenvalue weighted by Gasteiger charge is 2.35. The number of amides is 1. The Morgan fingerprint density at radius 1 is 0.906 bits per heavy atom. The number of hydrogen-bond donors (Lipinski definition) is 1. The predicted octanol–water partition coefficient (Wildman–Crippen LogP) is 2.26. The maximum absolute atomic E-state index is 13.0. The van der Waals surface area contributed by atoms with Crippen LogP contribution in [-0.2, 0) is 16.0 Å². The predicted molar refractivity (Wildman–Crippen MR) is 123 cm³/mol. The zero-order valence-electron chi connectivity index (χ0n) is 18.7. The molecule has 2 aromatic rings. The summed E-state index contributed by atoms with van der Waals surface area (Å²) in [4.78, 5) is 28.8. The van der Waals surface area contributed by atoms with Crippen LogP contribution in [0.15, 0.2) is 24.3 Å². The quantitative estimate of drug-likeness (QED) is 0.761. The molecule has 2 saturated heterocycles. The van der Waals surface area contributed by atoms with Crippen molar-refractivity contribution in [1.82, 2.24) is 14.9 Å². The molecule has 5 rings (SSSR count). The van der Waals surface area contributed by atoms with E-state index in [1.165, 1.54) is 5.69 Å². The summed E-state index contributed by atoms with van der Waals surface area (Å²) >= 11 is 0. The highest BCUT2D eigenvalue weighted by molar-refractivity contribution is 5.98. The van der Waals surface area contributed by atoms with Crippen LogP contribution in [0, 0.1) is 0 Å². The lowest BCUT2D eigenvalue weighted by Crippen LogP contribution is -2.37. The van der Waals surface area contributed by atoms with Gasteiger partial charge in [-0.2, -0.15) is 4.98 Å². The first-order valence-electron chi connectivity index (χ1n) is 11.3. The van der Waals surface area contributed by atoms with Gasteiger partial charge in [0.1, 0.15) is 11.5 Å². The molecule has 170 valence electrons. The molecule has 0 bridgehead atoms. The molecule has 1 aromatic heterocycles. The molecule has 4 heterocycles. The van der Waals surface area contributed by atoms with Crippen molar-refractivity contribution in [3.63, 3.8) is 0 Å². The molecule has 1 N–H and O–H groups in total. The average Bonchev–Trinajstić information content (AvgIpc) is 3.18. The molecule has 0 radical (unpaired) electrons. The van der Waals surface area contributed by atoms with E-state index in [-0.39, 0.29) is 11.9 Å². The average molecular weight is 439 g/mol. The summed E-state index contributed by atoms with van der Waals surface area (Å²) in [6.45, 7) is 10.6. The molecule has 32 heavy (non-hydrogen) atoms. The smallest absolute Gasteiger partial charge is 0.273 e. The molecule has 0 atom stereocenters. The van der Waals surface area contributed by atoms with Crippen LogP contribution in [0.3, 0.4) is 0 Å². The summed E-state index contributed by atoms with van der Waals surface area (Å²) in [7, 11) is 0. The molecule has 0 unspecified atom stereocenters. The number of anilines is 4. The van der Waals surface area contributed by atoms with E-state index >= 15 is 0 Å². The van der Waals surface area contributed by atoms with Gasteiger partial charge >= 0.3 is 0 Å². The summed E-state index contributed by atoms with van der Waals surface area (Å²) < 4.78 is 10.9. The number of rotatable bonds is 5. The minimum Gasteiger partial charge on any atom is -0.378 e. The number of aromatic nitrogens is 2. The van der Waals surface area contributed by atoms with E-state index < -0.39 is 0 Å². The van der Waals surface area contributed by atoms with Crippen molar-refractivity contribution in [2.24, 2.45) is 0 Å². The van der Waals surface area contributed by atoms with Crippen molar-refractivity contribution in [1.29, 1.82) is 0 Å². The van der Waals surface area contributed by atoms with Crippen molar-refractivity contribution < 1.29 is 14.3 Å². The number of ether oxygens (including phenoxy) is 2. The van der Waals surface area contributed by atoms with Gasteiger partial charge in [0.05, 0.1) is 33.0 Å². The lowest BCUT2D eigenvalue weighted by Gasteiger charge is -2.29. The fourth-order valence-electron chi connectivity index (χ4n) is 4.32. The van der Waals surface area contributed by atoms with Gasteiger partial charge < -0.3 is 29.5 Å². The van der Waals surface area contributed by atoms with Crippen molar-refractivity contribution in [3.05, 3.63) is 35.5 Å². The number of benzene rings is 1. The molecule has 9 heteroatoms. The molecule has 1 aromatic carbocycles.